The Morgan fingerprint density at radius 3 is 3.08 bits per heavy atom. The Balaban J connectivity index is 2.86. The molecular formula is C9H13N3. The van der Waals surface area contributed by atoms with Gasteiger partial charge in [0.1, 0.15) is 12.1 Å². The minimum Gasteiger partial charge on any atom is -0.383 e. The van der Waals surface area contributed by atoms with Crippen LogP contribution in [-0.2, 0) is 0 Å². The number of nitrogens with zero attached hydrogens (tertiary/aromatic N) is 2. The average Bonchev–Trinajstić information content (AvgIpc) is 2.05. The van der Waals surface area contributed by atoms with E-state index >= 15 is 0 Å². The summed E-state index contributed by atoms with van der Waals surface area (Å²) in [6.07, 6.45) is 5.99. The summed E-state index contributed by atoms with van der Waals surface area (Å²) in [5, 5.41) is 0. The second-order valence-electron chi connectivity index (χ2n) is 2.79. The highest BCUT2D eigenvalue weighted by Crippen LogP contribution is 2.21. The maximum absolute atomic E-state index is 5.67. The highest BCUT2D eigenvalue weighted by molar-refractivity contribution is 5.39. The molecule has 1 heterocycles. The Kier molecular flexibility index (Phi) is 2.80. The third kappa shape index (κ3) is 1.81. The first-order valence-corrected chi connectivity index (χ1v) is 3.92. The van der Waals surface area contributed by atoms with Crippen LogP contribution < -0.4 is 5.73 Å². The minimum atomic E-state index is 0.351. The van der Waals surface area contributed by atoms with E-state index < -0.39 is 0 Å². The maximum atomic E-state index is 5.67. The van der Waals surface area contributed by atoms with E-state index in [1.54, 1.807) is 6.20 Å². The Bertz CT molecular complexity index is 270. The van der Waals surface area contributed by atoms with Crippen LogP contribution in [0.15, 0.2) is 25.2 Å². The van der Waals surface area contributed by atoms with Crippen LogP contribution in [0.1, 0.15) is 24.8 Å². The SMILES string of the molecule is C=CCC(C)c1cncnc1N. The number of nitrogen functional groups attached to an aromatic ring is 1. The summed E-state index contributed by atoms with van der Waals surface area (Å²) < 4.78 is 0. The Hall–Kier alpha value is -1.38. The molecule has 3 nitrogen and oxygen atoms in total. The summed E-state index contributed by atoms with van der Waals surface area (Å²) in [6, 6.07) is 0. The Morgan fingerprint density at radius 2 is 2.50 bits per heavy atom. The summed E-state index contributed by atoms with van der Waals surface area (Å²) >= 11 is 0. The number of hydrogen-bond donors (Lipinski definition) is 1. The Labute approximate surface area is 72.3 Å². The van der Waals surface area contributed by atoms with Gasteiger partial charge in [0.15, 0.2) is 0 Å². The smallest absolute Gasteiger partial charge is 0.130 e. The predicted molar refractivity (Wildman–Crippen MR) is 49.7 cm³/mol. The van der Waals surface area contributed by atoms with Gasteiger partial charge >= 0.3 is 0 Å². The van der Waals surface area contributed by atoms with Crippen molar-refractivity contribution in [2.24, 2.45) is 0 Å². The van der Waals surface area contributed by atoms with Gasteiger partial charge in [0.25, 0.3) is 0 Å². The number of rotatable bonds is 3. The summed E-state index contributed by atoms with van der Waals surface area (Å²) in [7, 11) is 0. The molecule has 0 aliphatic heterocycles. The van der Waals surface area contributed by atoms with Crippen molar-refractivity contribution in [3.8, 4) is 0 Å². The zero-order valence-corrected chi connectivity index (χ0v) is 7.20. The third-order valence-corrected chi connectivity index (χ3v) is 1.82. The van der Waals surface area contributed by atoms with Gasteiger partial charge in [0.05, 0.1) is 0 Å². The van der Waals surface area contributed by atoms with Crippen LogP contribution in [0.2, 0.25) is 0 Å². The van der Waals surface area contributed by atoms with Crippen molar-refractivity contribution in [3.05, 3.63) is 30.7 Å². The largest absolute Gasteiger partial charge is 0.383 e. The van der Waals surface area contributed by atoms with Crippen LogP contribution in [0.25, 0.3) is 0 Å². The van der Waals surface area contributed by atoms with Gasteiger partial charge in [-0.25, -0.2) is 9.97 Å². The van der Waals surface area contributed by atoms with Gasteiger partial charge in [-0.15, -0.1) is 6.58 Å². The molecule has 0 aliphatic rings. The van der Waals surface area contributed by atoms with Crippen LogP contribution in [0.5, 0.6) is 0 Å². The summed E-state index contributed by atoms with van der Waals surface area (Å²) in [5.74, 6) is 0.919. The number of nitrogens with two attached hydrogens (primary N) is 1. The minimum absolute atomic E-state index is 0.351. The van der Waals surface area contributed by atoms with Crippen molar-refractivity contribution in [2.45, 2.75) is 19.3 Å². The van der Waals surface area contributed by atoms with Gasteiger partial charge < -0.3 is 5.73 Å². The lowest BCUT2D eigenvalue weighted by molar-refractivity contribution is 0.773. The molecule has 1 aromatic rings. The molecule has 0 bridgehead atoms. The highest BCUT2D eigenvalue weighted by atomic mass is 14.9. The molecular weight excluding hydrogens is 150 g/mol. The van der Waals surface area contributed by atoms with Crippen molar-refractivity contribution in [3.63, 3.8) is 0 Å². The molecule has 0 saturated heterocycles. The van der Waals surface area contributed by atoms with Crippen LogP contribution in [-0.4, -0.2) is 9.97 Å². The molecule has 0 aromatic carbocycles. The van der Waals surface area contributed by atoms with E-state index in [0.29, 0.717) is 11.7 Å². The second kappa shape index (κ2) is 3.85. The van der Waals surface area contributed by atoms with Crippen molar-refractivity contribution in [2.75, 3.05) is 5.73 Å². The fourth-order valence-corrected chi connectivity index (χ4v) is 1.11. The topological polar surface area (TPSA) is 51.8 Å². The van der Waals surface area contributed by atoms with Gasteiger partial charge in [0, 0.05) is 11.8 Å². The first-order valence-electron chi connectivity index (χ1n) is 3.92. The van der Waals surface area contributed by atoms with E-state index in [1.165, 1.54) is 6.33 Å². The fourth-order valence-electron chi connectivity index (χ4n) is 1.11. The quantitative estimate of drug-likeness (QED) is 0.690. The van der Waals surface area contributed by atoms with Crippen LogP contribution >= 0.6 is 0 Å². The molecule has 12 heavy (non-hydrogen) atoms. The molecule has 2 N–H and O–H groups in total. The van der Waals surface area contributed by atoms with Crippen LogP contribution in [0.3, 0.4) is 0 Å². The molecule has 0 amide bonds. The van der Waals surface area contributed by atoms with Crippen LogP contribution in [0, 0.1) is 0 Å². The van der Waals surface area contributed by atoms with Crippen molar-refractivity contribution in [1.82, 2.24) is 9.97 Å². The normalized spacial score (nSPS) is 12.4. The van der Waals surface area contributed by atoms with Crippen molar-refractivity contribution >= 4 is 5.82 Å². The molecule has 1 atom stereocenters. The fraction of sp³-hybridized carbons (Fsp3) is 0.333. The summed E-state index contributed by atoms with van der Waals surface area (Å²) in [6.45, 7) is 5.75. The van der Waals surface area contributed by atoms with Gasteiger partial charge in [-0.2, -0.15) is 0 Å². The third-order valence-electron chi connectivity index (χ3n) is 1.82. The van der Waals surface area contributed by atoms with E-state index in [4.69, 9.17) is 5.73 Å². The van der Waals surface area contributed by atoms with E-state index in [2.05, 4.69) is 23.5 Å². The van der Waals surface area contributed by atoms with Gasteiger partial charge in [0.2, 0.25) is 0 Å². The molecule has 0 spiro atoms. The number of allylic oxidation sites excluding steroid dienone is 1. The summed E-state index contributed by atoms with van der Waals surface area (Å²) in [4.78, 5) is 7.84. The van der Waals surface area contributed by atoms with Gasteiger partial charge in [-0.05, 0) is 12.3 Å². The lowest BCUT2D eigenvalue weighted by Gasteiger charge is -2.09. The van der Waals surface area contributed by atoms with Gasteiger partial charge in [-0.3, -0.25) is 0 Å². The molecule has 1 aromatic heterocycles. The molecule has 0 saturated carbocycles. The van der Waals surface area contributed by atoms with E-state index in [1.807, 2.05) is 6.08 Å². The zero-order chi connectivity index (χ0) is 8.97. The standard InChI is InChI=1S/C9H13N3/c1-3-4-7(2)8-5-11-6-12-9(8)10/h3,5-7H,1,4H2,2H3,(H2,10,11,12). The molecule has 64 valence electrons. The average molecular weight is 163 g/mol. The molecule has 3 heteroatoms. The molecule has 0 aliphatic carbocycles. The van der Waals surface area contributed by atoms with E-state index in [9.17, 15) is 0 Å². The monoisotopic (exact) mass is 163 g/mol. The summed E-state index contributed by atoms with van der Waals surface area (Å²) in [5.41, 5.74) is 6.66. The number of anilines is 1. The highest BCUT2D eigenvalue weighted by Gasteiger charge is 2.07. The second-order valence-corrected chi connectivity index (χ2v) is 2.79. The van der Waals surface area contributed by atoms with Crippen molar-refractivity contribution in [1.29, 1.82) is 0 Å². The van der Waals surface area contributed by atoms with Gasteiger partial charge in [-0.1, -0.05) is 13.0 Å². The molecule has 1 rings (SSSR count). The molecule has 1 unspecified atom stereocenters. The van der Waals surface area contributed by atoms with Crippen LogP contribution in [0.4, 0.5) is 5.82 Å². The number of hydrogen-bond acceptors (Lipinski definition) is 3. The lowest BCUT2D eigenvalue weighted by atomic mass is 10.0. The van der Waals surface area contributed by atoms with E-state index in [-0.39, 0.29) is 0 Å². The first-order chi connectivity index (χ1) is 5.75. The maximum Gasteiger partial charge on any atom is 0.130 e. The van der Waals surface area contributed by atoms with Crippen molar-refractivity contribution < 1.29 is 0 Å². The Morgan fingerprint density at radius 1 is 1.75 bits per heavy atom. The predicted octanol–water partition coefficient (Wildman–Crippen LogP) is 1.74. The molecule has 0 fully saturated rings. The number of aromatic nitrogens is 2. The van der Waals surface area contributed by atoms with E-state index in [0.717, 1.165) is 12.0 Å². The molecule has 0 radical (unpaired) electrons. The first kappa shape index (κ1) is 8.71. The lowest BCUT2D eigenvalue weighted by Crippen LogP contribution is -2.01. The zero-order valence-electron chi connectivity index (χ0n) is 7.20.